The van der Waals surface area contributed by atoms with Crippen LogP contribution in [-0.4, -0.2) is 44.3 Å². The van der Waals surface area contributed by atoms with Crippen molar-refractivity contribution < 1.29 is 15.0 Å². The van der Waals surface area contributed by atoms with Crippen molar-refractivity contribution in [1.29, 1.82) is 0 Å². The third-order valence-electron chi connectivity index (χ3n) is 3.42. The second-order valence-corrected chi connectivity index (χ2v) is 4.69. The summed E-state index contributed by atoms with van der Waals surface area (Å²) in [5.74, 6) is 0.165. The molecule has 0 bridgehead atoms. The van der Waals surface area contributed by atoms with Crippen LogP contribution in [0, 0.1) is 0 Å². The molecule has 6 heteroatoms. The summed E-state index contributed by atoms with van der Waals surface area (Å²) >= 11 is 0. The van der Waals surface area contributed by atoms with Crippen LogP contribution < -0.4 is 0 Å². The Balaban J connectivity index is 1.94. The van der Waals surface area contributed by atoms with E-state index in [-0.39, 0.29) is 11.7 Å². The van der Waals surface area contributed by atoms with Crippen LogP contribution in [0.25, 0.3) is 11.3 Å². The Bertz CT molecular complexity index is 654. The highest BCUT2D eigenvalue weighted by Crippen LogP contribution is 2.35. The molecule has 6 nitrogen and oxygen atoms in total. The van der Waals surface area contributed by atoms with Gasteiger partial charge in [-0.3, -0.25) is 9.97 Å². The maximum Gasteiger partial charge on any atom is 0.407 e. The zero-order valence-electron chi connectivity index (χ0n) is 10.6. The fraction of sp³-hybridized carbons (Fsp3) is 0.214. The third kappa shape index (κ3) is 2.05. The van der Waals surface area contributed by atoms with E-state index in [1.807, 2.05) is 6.07 Å². The molecule has 0 aliphatic carbocycles. The molecule has 0 radical (unpaired) electrons. The maximum absolute atomic E-state index is 10.8. The first kappa shape index (κ1) is 12.4. The van der Waals surface area contributed by atoms with E-state index in [0.29, 0.717) is 24.3 Å². The number of amides is 1. The Hall–Kier alpha value is -2.63. The average molecular weight is 271 g/mol. The smallest absolute Gasteiger partial charge is 0.407 e. The van der Waals surface area contributed by atoms with Gasteiger partial charge in [-0.1, -0.05) is 12.1 Å². The zero-order valence-corrected chi connectivity index (χ0v) is 10.6. The molecule has 2 heterocycles. The lowest BCUT2D eigenvalue weighted by molar-refractivity contribution is 0.104. The van der Waals surface area contributed by atoms with Crippen molar-refractivity contribution in [1.82, 2.24) is 14.9 Å². The number of aromatic nitrogens is 2. The molecule has 20 heavy (non-hydrogen) atoms. The van der Waals surface area contributed by atoms with Gasteiger partial charge in [0.15, 0.2) is 0 Å². The number of carboxylic acid groups (broad SMARTS) is 1. The van der Waals surface area contributed by atoms with Gasteiger partial charge in [0.2, 0.25) is 0 Å². The van der Waals surface area contributed by atoms with E-state index in [1.165, 1.54) is 4.90 Å². The molecular formula is C14H13N3O3. The zero-order chi connectivity index (χ0) is 14.1. The number of benzene rings is 1. The number of carbonyl (C=O) groups is 1. The molecule has 0 unspecified atom stereocenters. The van der Waals surface area contributed by atoms with Crippen LogP contribution in [0.2, 0.25) is 0 Å². The minimum absolute atomic E-state index is 0.0226. The topological polar surface area (TPSA) is 86.5 Å². The normalized spacial score (nSPS) is 14.9. The minimum Gasteiger partial charge on any atom is -0.507 e. The van der Waals surface area contributed by atoms with Crippen molar-refractivity contribution in [2.24, 2.45) is 0 Å². The van der Waals surface area contributed by atoms with E-state index >= 15 is 0 Å². The van der Waals surface area contributed by atoms with E-state index in [4.69, 9.17) is 5.11 Å². The fourth-order valence-corrected chi connectivity index (χ4v) is 2.34. The van der Waals surface area contributed by atoms with Crippen LogP contribution in [-0.2, 0) is 0 Å². The summed E-state index contributed by atoms with van der Waals surface area (Å²) in [5, 5.41) is 18.8. The molecule has 1 aromatic heterocycles. The highest BCUT2D eigenvalue weighted by Gasteiger charge is 2.34. The summed E-state index contributed by atoms with van der Waals surface area (Å²) in [5.41, 5.74) is 1.96. The van der Waals surface area contributed by atoms with Gasteiger partial charge in [-0.05, 0) is 12.1 Å². The number of phenols is 1. The number of para-hydroxylation sites is 1. The van der Waals surface area contributed by atoms with Crippen molar-refractivity contribution in [3.63, 3.8) is 0 Å². The molecule has 2 N–H and O–H groups in total. The van der Waals surface area contributed by atoms with Gasteiger partial charge in [0.1, 0.15) is 5.75 Å². The standard InChI is InChI=1S/C14H13N3O3/c18-11-4-2-1-3-10(11)13-12(15-5-6-16-13)9-7-17(8-9)14(19)20/h1-6,9,18H,7-8H2,(H,19,20). The second kappa shape index (κ2) is 4.80. The van der Waals surface area contributed by atoms with Gasteiger partial charge in [0.25, 0.3) is 0 Å². The molecule has 1 amide bonds. The molecule has 102 valence electrons. The van der Waals surface area contributed by atoms with Crippen LogP contribution >= 0.6 is 0 Å². The molecule has 0 saturated carbocycles. The maximum atomic E-state index is 10.8. The lowest BCUT2D eigenvalue weighted by atomic mass is 9.92. The summed E-state index contributed by atoms with van der Waals surface area (Å²) in [6, 6.07) is 6.93. The SMILES string of the molecule is O=C(O)N1CC(c2nccnc2-c2ccccc2O)C1. The van der Waals surface area contributed by atoms with Crippen molar-refractivity contribution in [2.45, 2.75) is 5.92 Å². The number of rotatable bonds is 2. The molecule has 1 fully saturated rings. The lowest BCUT2D eigenvalue weighted by Gasteiger charge is -2.37. The van der Waals surface area contributed by atoms with Crippen molar-refractivity contribution in [3.8, 4) is 17.0 Å². The Morgan fingerprint density at radius 2 is 1.90 bits per heavy atom. The largest absolute Gasteiger partial charge is 0.507 e. The Morgan fingerprint density at radius 1 is 1.20 bits per heavy atom. The predicted octanol–water partition coefficient (Wildman–Crippen LogP) is 1.93. The average Bonchev–Trinajstić information content (AvgIpc) is 2.38. The van der Waals surface area contributed by atoms with Gasteiger partial charge in [0.05, 0.1) is 11.4 Å². The Morgan fingerprint density at radius 3 is 2.60 bits per heavy atom. The summed E-state index contributed by atoms with van der Waals surface area (Å²) in [4.78, 5) is 20.8. The van der Waals surface area contributed by atoms with Crippen LogP contribution in [0.5, 0.6) is 5.75 Å². The molecule has 1 aliphatic heterocycles. The van der Waals surface area contributed by atoms with Crippen molar-refractivity contribution in [2.75, 3.05) is 13.1 Å². The molecular weight excluding hydrogens is 258 g/mol. The second-order valence-electron chi connectivity index (χ2n) is 4.69. The minimum atomic E-state index is -0.922. The summed E-state index contributed by atoms with van der Waals surface area (Å²) < 4.78 is 0. The van der Waals surface area contributed by atoms with E-state index < -0.39 is 6.09 Å². The first-order valence-corrected chi connectivity index (χ1v) is 6.24. The fourth-order valence-electron chi connectivity index (χ4n) is 2.34. The Kier molecular flexibility index (Phi) is 2.98. The van der Waals surface area contributed by atoms with Gasteiger partial charge < -0.3 is 15.1 Å². The number of hydrogen-bond donors (Lipinski definition) is 2. The van der Waals surface area contributed by atoms with E-state index in [1.54, 1.807) is 30.6 Å². The van der Waals surface area contributed by atoms with Crippen LogP contribution in [0.4, 0.5) is 4.79 Å². The van der Waals surface area contributed by atoms with Crippen LogP contribution in [0.3, 0.4) is 0 Å². The van der Waals surface area contributed by atoms with Gasteiger partial charge >= 0.3 is 6.09 Å². The van der Waals surface area contributed by atoms with Gasteiger partial charge in [-0.25, -0.2) is 4.79 Å². The number of aromatic hydroxyl groups is 1. The molecule has 1 aliphatic rings. The number of likely N-dealkylation sites (tertiary alicyclic amines) is 1. The number of phenolic OH excluding ortho intramolecular Hbond substituents is 1. The summed E-state index contributed by atoms with van der Waals surface area (Å²) in [6.07, 6.45) is 2.23. The van der Waals surface area contributed by atoms with E-state index in [0.717, 1.165) is 5.69 Å². The summed E-state index contributed by atoms with van der Waals surface area (Å²) in [6.45, 7) is 0.823. The number of hydrogen-bond acceptors (Lipinski definition) is 4. The van der Waals surface area contributed by atoms with E-state index in [2.05, 4.69) is 9.97 Å². The van der Waals surface area contributed by atoms with Crippen LogP contribution in [0.15, 0.2) is 36.7 Å². The molecule has 1 saturated heterocycles. The lowest BCUT2D eigenvalue weighted by Crippen LogP contribution is -2.48. The van der Waals surface area contributed by atoms with Crippen molar-refractivity contribution in [3.05, 3.63) is 42.4 Å². The molecule has 0 spiro atoms. The predicted molar refractivity (Wildman–Crippen MR) is 71.5 cm³/mol. The Labute approximate surface area is 115 Å². The quantitative estimate of drug-likeness (QED) is 0.871. The van der Waals surface area contributed by atoms with Crippen LogP contribution in [0.1, 0.15) is 11.6 Å². The molecule has 2 aromatic rings. The third-order valence-corrected chi connectivity index (χ3v) is 3.42. The monoisotopic (exact) mass is 271 g/mol. The number of nitrogens with zero attached hydrogens (tertiary/aromatic N) is 3. The first-order chi connectivity index (χ1) is 9.66. The molecule has 1 aromatic carbocycles. The van der Waals surface area contributed by atoms with Crippen molar-refractivity contribution >= 4 is 6.09 Å². The molecule has 0 atom stereocenters. The highest BCUT2D eigenvalue weighted by molar-refractivity contribution is 5.70. The van der Waals surface area contributed by atoms with Gasteiger partial charge in [-0.15, -0.1) is 0 Å². The van der Waals surface area contributed by atoms with Gasteiger partial charge in [0, 0.05) is 37.0 Å². The molecule has 3 rings (SSSR count). The highest BCUT2D eigenvalue weighted by atomic mass is 16.4. The first-order valence-electron chi connectivity index (χ1n) is 6.24. The van der Waals surface area contributed by atoms with E-state index in [9.17, 15) is 9.90 Å². The summed E-state index contributed by atoms with van der Waals surface area (Å²) in [7, 11) is 0. The van der Waals surface area contributed by atoms with Gasteiger partial charge in [-0.2, -0.15) is 0 Å².